The zero-order chi connectivity index (χ0) is 23.5. The quantitative estimate of drug-likeness (QED) is 0.213. The van der Waals surface area contributed by atoms with Crippen molar-refractivity contribution in [1.82, 2.24) is 19.5 Å². The van der Waals surface area contributed by atoms with Crippen LogP contribution >= 0.6 is 0 Å². The normalized spacial score (nSPS) is 10.7. The van der Waals surface area contributed by atoms with Gasteiger partial charge in [-0.25, -0.2) is 4.98 Å². The molecule has 4 heteroatoms. The van der Waals surface area contributed by atoms with Gasteiger partial charge < -0.3 is 4.57 Å². The molecule has 3 aromatic carbocycles. The molecule has 0 amide bonds. The number of aryl methyl sites for hydroxylation is 1. The second-order valence-electron chi connectivity index (χ2n) is 7.93. The van der Waals surface area contributed by atoms with Crippen LogP contribution in [0.3, 0.4) is 0 Å². The number of rotatable bonds is 3. The molecule has 0 aliphatic heterocycles. The van der Waals surface area contributed by atoms with Crippen LogP contribution in [-0.2, 0) is 7.05 Å². The first kappa shape index (κ1) is 21.3. The number of imidazole rings is 1. The van der Waals surface area contributed by atoms with Gasteiger partial charge in [0.2, 0.25) is 0 Å². The van der Waals surface area contributed by atoms with Crippen molar-refractivity contribution in [3.63, 3.8) is 0 Å². The molecule has 34 heavy (non-hydrogen) atoms. The van der Waals surface area contributed by atoms with Gasteiger partial charge in [0.15, 0.2) is 0 Å². The van der Waals surface area contributed by atoms with Crippen LogP contribution in [-0.4, -0.2) is 19.5 Å². The highest BCUT2D eigenvalue weighted by Crippen LogP contribution is 2.35. The molecule has 3 aromatic heterocycles. The SMILES string of the molecule is C=CC=C.Cn1c(-c2ccccc2)nc2cc(-c3cc4cccnc4c4ncccc34)ccc21. The van der Waals surface area contributed by atoms with Gasteiger partial charge in [0, 0.05) is 35.8 Å². The fourth-order valence-corrected chi connectivity index (χ4v) is 4.23. The van der Waals surface area contributed by atoms with Gasteiger partial charge in [-0.15, -0.1) is 0 Å². The number of hydrogen-bond donors (Lipinski definition) is 0. The van der Waals surface area contributed by atoms with Gasteiger partial charge in [-0.2, -0.15) is 0 Å². The number of pyridine rings is 2. The Kier molecular flexibility index (Phi) is 5.71. The Morgan fingerprint density at radius 3 is 2.24 bits per heavy atom. The molecule has 164 valence electrons. The minimum absolute atomic E-state index is 0.927. The summed E-state index contributed by atoms with van der Waals surface area (Å²) in [6.45, 7) is 6.72. The number of aromatic nitrogens is 4. The Morgan fingerprint density at radius 2 is 1.47 bits per heavy atom. The van der Waals surface area contributed by atoms with Gasteiger partial charge in [-0.3, -0.25) is 9.97 Å². The summed E-state index contributed by atoms with van der Waals surface area (Å²) in [4.78, 5) is 14.1. The second-order valence-corrected chi connectivity index (χ2v) is 7.93. The van der Waals surface area contributed by atoms with Gasteiger partial charge in [0.05, 0.1) is 22.1 Å². The Labute approximate surface area is 198 Å². The monoisotopic (exact) mass is 440 g/mol. The lowest BCUT2D eigenvalue weighted by Crippen LogP contribution is -1.92. The molecule has 6 aromatic rings. The molecule has 0 N–H and O–H groups in total. The van der Waals surface area contributed by atoms with Gasteiger partial charge in [0.25, 0.3) is 0 Å². The molecular formula is C30H24N4. The van der Waals surface area contributed by atoms with Gasteiger partial charge in [-0.1, -0.05) is 73.8 Å². The summed E-state index contributed by atoms with van der Waals surface area (Å²) < 4.78 is 2.15. The van der Waals surface area contributed by atoms with E-state index in [1.165, 1.54) is 0 Å². The Bertz CT molecular complexity index is 1640. The molecule has 0 unspecified atom stereocenters. The minimum atomic E-state index is 0.927. The van der Waals surface area contributed by atoms with Crippen LogP contribution in [0.2, 0.25) is 0 Å². The van der Waals surface area contributed by atoms with E-state index in [0.717, 1.165) is 55.4 Å². The summed E-state index contributed by atoms with van der Waals surface area (Å²) in [5, 5.41) is 2.19. The molecular weight excluding hydrogens is 416 g/mol. The van der Waals surface area contributed by atoms with Crippen LogP contribution in [0.5, 0.6) is 0 Å². The first-order chi connectivity index (χ1) is 16.7. The molecule has 0 aliphatic rings. The van der Waals surface area contributed by atoms with E-state index in [9.17, 15) is 0 Å². The van der Waals surface area contributed by atoms with Crippen LogP contribution in [0.1, 0.15) is 0 Å². The predicted octanol–water partition coefficient (Wildman–Crippen LogP) is 7.36. The van der Waals surface area contributed by atoms with Crippen molar-refractivity contribution >= 4 is 32.8 Å². The lowest BCUT2D eigenvalue weighted by molar-refractivity contribution is 0.959. The molecule has 0 saturated carbocycles. The number of hydrogen-bond acceptors (Lipinski definition) is 3. The average Bonchev–Trinajstić information content (AvgIpc) is 3.24. The van der Waals surface area contributed by atoms with Crippen molar-refractivity contribution in [3.05, 3.63) is 117 Å². The number of nitrogens with zero attached hydrogens (tertiary/aromatic N) is 4. The molecule has 3 heterocycles. The van der Waals surface area contributed by atoms with Gasteiger partial charge >= 0.3 is 0 Å². The van der Waals surface area contributed by atoms with E-state index in [-0.39, 0.29) is 0 Å². The first-order valence-corrected chi connectivity index (χ1v) is 11.1. The lowest BCUT2D eigenvalue weighted by atomic mass is 9.97. The summed E-state index contributed by atoms with van der Waals surface area (Å²) in [6.07, 6.45) is 6.93. The van der Waals surface area contributed by atoms with E-state index in [2.05, 4.69) is 83.3 Å². The summed E-state index contributed by atoms with van der Waals surface area (Å²) in [6, 6.07) is 27.2. The largest absolute Gasteiger partial charge is 0.327 e. The van der Waals surface area contributed by atoms with Gasteiger partial charge in [0.1, 0.15) is 5.82 Å². The van der Waals surface area contributed by atoms with Gasteiger partial charge in [-0.05, 0) is 41.5 Å². The Hall–Kier alpha value is -4.57. The first-order valence-electron chi connectivity index (χ1n) is 11.1. The van der Waals surface area contributed by atoms with Crippen molar-refractivity contribution in [3.8, 4) is 22.5 Å². The standard InChI is InChI=1S/C26H18N4.C4H6/c1-30-23-12-11-18(16-22(23)29-26(30)17-7-3-2-4-8-17)21-15-19-9-5-13-27-24(19)25-20(21)10-6-14-28-25;1-3-4-2/h2-16H,1H3;3-4H,1-2H2. The van der Waals surface area contributed by atoms with Crippen molar-refractivity contribution in [2.45, 2.75) is 0 Å². The van der Waals surface area contributed by atoms with Crippen molar-refractivity contribution in [2.75, 3.05) is 0 Å². The second kappa shape index (κ2) is 9.12. The summed E-state index contributed by atoms with van der Waals surface area (Å²) in [5.74, 6) is 0.969. The molecule has 0 spiro atoms. The summed E-state index contributed by atoms with van der Waals surface area (Å²) >= 11 is 0. The maximum atomic E-state index is 4.95. The molecule has 4 nitrogen and oxygen atoms in total. The number of benzene rings is 3. The molecule has 0 saturated heterocycles. The summed E-state index contributed by atoms with van der Waals surface area (Å²) in [5.41, 5.74) is 7.35. The smallest absolute Gasteiger partial charge is 0.140 e. The maximum Gasteiger partial charge on any atom is 0.140 e. The summed E-state index contributed by atoms with van der Waals surface area (Å²) in [7, 11) is 2.07. The third-order valence-electron chi connectivity index (χ3n) is 5.85. The third kappa shape index (κ3) is 3.76. The van der Waals surface area contributed by atoms with E-state index >= 15 is 0 Å². The van der Waals surface area contributed by atoms with E-state index in [0.29, 0.717) is 0 Å². The Morgan fingerprint density at radius 1 is 0.735 bits per heavy atom. The fraction of sp³-hybridized carbons (Fsp3) is 0.0333. The molecule has 0 radical (unpaired) electrons. The van der Waals surface area contributed by atoms with Crippen molar-refractivity contribution < 1.29 is 0 Å². The zero-order valence-corrected chi connectivity index (χ0v) is 19.0. The van der Waals surface area contributed by atoms with E-state index < -0.39 is 0 Å². The highest BCUT2D eigenvalue weighted by molar-refractivity contribution is 6.10. The Balaban J connectivity index is 0.000000560. The van der Waals surface area contributed by atoms with E-state index in [1.807, 2.05) is 42.7 Å². The fourth-order valence-electron chi connectivity index (χ4n) is 4.23. The minimum Gasteiger partial charge on any atom is -0.327 e. The molecule has 0 bridgehead atoms. The van der Waals surface area contributed by atoms with Crippen molar-refractivity contribution in [1.29, 1.82) is 0 Å². The highest BCUT2D eigenvalue weighted by Gasteiger charge is 2.14. The average molecular weight is 441 g/mol. The number of fused-ring (bicyclic) bond motifs is 4. The topological polar surface area (TPSA) is 43.6 Å². The van der Waals surface area contributed by atoms with E-state index in [4.69, 9.17) is 4.98 Å². The zero-order valence-electron chi connectivity index (χ0n) is 19.0. The third-order valence-corrected chi connectivity index (χ3v) is 5.85. The molecule has 0 fully saturated rings. The van der Waals surface area contributed by atoms with Crippen LogP contribution < -0.4 is 0 Å². The maximum absolute atomic E-state index is 4.95. The molecule has 0 atom stereocenters. The molecule has 6 rings (SSSR count). The van der Waals surface area contributed by atoms with Crippen molar-refractivity contribution in [2.24, 2.45) is 7.05 Å². The van der Waals surface area contributed by atoms with Crippen LogP contribution in [0.4, 0.5) is 0 Å². The van der Waals surface area contributed by atoms with Crippen LogP contribution in [0.15, 0.2) is 117 Å². The van der Waals surface area contributed by atoms with Crippen LogP contribution in [0, 0.1) is 0 Å². The predicted molar refractivity (Wildman–Crippen MR) is 143 cm³/mol. The highest BCUT2D eigenvalue weighted by atomic mass is 15.1. The number of allylic oxidation sites excluding steroid dienone is 2. The lowest BCUT2D eigenvalue weighted by Gasteiger charge is -2.10. The van der Waals surface area contributed by atoms with Crippen LogP contribution in [0.25, 0.3) is 55.4 Å². The molecule has 0 aliphatic carbocycles. The van der Waals surface area contributed by atoms with E-state index in [1.54, 1.807) is 12.2 Å².